The zero-order valence-electron chi connectivity index (χ0n) is 10.8. The topological polar surface area (TPSA) is 54.6 Å². The lowest BCUT2D eigenvalue weighted by molar-refractivity contribution is 0.0953. The molecule has 0 aliphatic rings. The lowest BCUT2D eigenvalue weighted by Gasteiger charge is -1.97. The predicted molar refractivity (Wildman–Crippen MR) is 82.7 cm³/mol. The van der Waals surface area contributed by atoms with Crippen LogP contribution in [0, 0.1) is 6.92 Å². The van der Waals surface area contributed by atoms with E-state index in [2.05, 4.69) is 26.5 Å². The van der Waals surface area contributed by atoms with Crippen molar-refractivity contribution in [3.05, 3.63) is 64.0 Å². The molecule has 0 bridgehead atoms. The maximum Gasteiger partial charge on any atom is 0.274 e. The summed E-state index contributed by atoms with van der Waals surface area (Å²) >= 11 is 3.37. The third-order valence-corrected chi connectivity index (χ3v) is 3.00. The van der Waals surface area contributed by atoms with Crippen LogP contribution in [0.5, 0.6) is 0 Å². The Morgan fingerprint density at radius 2 is 2.05 bits per heavy atom. The van der Waals surface area contributed by atoms with Gasteiger partial charge in [0.25, 0.3) is 5.91 Å². The second-order valence-electron chi connectivity index (χ2n) is 4.03. The van der Waals surface area contributed by atoms with E-state index < -0.39 is 0 Å². The number of rotatable bonds is 4. The maximum atomic E-state index is 11.7. The summed E-state index contributed by atoms with van der Waals surface area (Å²) in [4.78, 5) is 11.7. The van der Waals surface area contributed by atoms with Gasteiger partial charge >= 0.3 is 0 Å². The van der Waals surface area contributed by atoms with Gasteiger partial charge in [0.15, 0.2) is 0 Å². The van der Waals surface area contributed by atoms with Crippen LogP contribution in [0.4, 0.5) is 0 Å². The molecule has 0 atom stereocenters. The van der Waals surface area contributed by atoms with Gasteiger partial charge in [0, 0.05) is 4.48 Å². The van der Waals surface area contributed by atoms with Crippen LogP contribution in [0.3, 0.4) is 0 Å². The number of nitrogens with one attached hydrogen (secondary N) is 1. The second-order valence-corrected chi connectivity index (χ2v) is 4.95. The molecule has 2 rings (SSSR count). The molecule has 1 aromatic carbocycles. The molecular formula is C15H13BrN2O2. The number of benzene rings is 1. The van der Waals surface area contributed by atoms with Gasteiger partial charge in [-0.1, -0.05) is 30.3 Å². The van der Waals surface area contributed by atoms with E-state index in [1.807, 2.05) is 36.4 Å². The number of hydrogen-bond acceptors (Lipinski definition) is 3. The lowest BCUT2D eigenvalue weighted by Crippen LogP contribution is -2.17. The van der Waals surface area contributed by atoms with E-state index >= 15 is 0 Å². The van der Waals surface area contributed by atoms with Crippen LogP contribution in [0.15, 0.2) is 56.7 Å². The number of carbonyl (C=O) groups is 1. The van der Waals surface area contributed by atoms with E-state index in [1.54, 1.807) is 13.0 Å². The summed E-state index contributed by atoms with van der Waals surface area (Å²) in [6.07, 6.45) is 4.90. The van der Waals surface area contributed by atoms with E-state index in [0.29, 0.717) is 11.3 Å². The third-order valence-electron chi connectivity index (χ3n) is 2.56. The Morgan fingerprint density at radius 1 is 1.30 bits per heavy atom. The molecule has 0 saturated carbocycles. The highest BCUT2D eigenvalue weighted by atomic mass is 79.9. The molecule has 5 heteroatoms. The summed E-state index contributed by atoms with van der Waals surface area (Å²) in [5.41, 5.74) is 3.96. The highest BCUT2D eigenvalue weighted by Crippen LogP contribution is 2.10. The van der Waals surface area contributed by atoms with Crippen LogP contribution < -0.4 is 5.43 Å². The SMILES string of the molecule is Cc1occc1C(=O)N/N=C/C(Br)=C/c1ccccc1. The molecule has 0 fully saturated rings. The smallest absolute Gasteiger partial charge is 0.274 e. The molecule has 0 radical (unpaired) electrons. The van der Waals surface area contributed by atoms with Crippen molar-refractivity contribution in [3.63, 3.8) is 0 Å². The summed E-state index contributed by atoms with van der Waals surface area (Å²) in [6, 6.07) is 11.4. The molecule has 20 heavy (non-hydrogen) atoms. The zero-order chi connectivity index (χ0) is 14.4. The number of hydrazone groups is 1. The molecular weight excluding hydrogens is 320 g/mol. The average molecular weight is 333 g/mol. The highest BCUT2D eigenvalue weighted by Gasteiger charge is 2.09. The van der Waals surface area contributed by atoms with Crippen molar-refractivity contribution in [2.75, 3.05) is 0 Å². The molecule has 1 amide bonds. The molecule has 2 aromatic rings. The van der Waals surface area contributed by atoms with Crippen molar-refractivity contribution in [1.29, 1.82) is 0 Å². The predicted octanol–water partition coefficient (Wildman–Crippen LogP) is 3.74. The molecule has 1 heterocycles. The van der Waals surface area contributed by atoms with Gasteiger partial charge < -0.3 is 4.42 Å². The molecule has 0 aliphatic heterocycles. The second kappa shape index (κ2) is 6.86. The summed E-state index contributed by atoms with van der Waals surface area (Å²) in [6.45, 7) is 1.73. The summed E-state index contributed by atoms with van der Waals surface area (Å²) in [5.74, 6) is 0.268. The van der Waals surface area contributed by atoms with E-state index in [1.165, 1.54) is 12.5 Å². The van der Waals surface area contributed by atoms with Gasteiger partial charge in [0.05, 0.1) is 18.0 Å². The summed E-state index contributed by atoms with van der Waals surface area (Å²) in [5, 5.41) is 3.88. The molecule has 1 N–H and O–H groups in total. The Kier molecular flexibility index (Phi) is 4.90. The van der Waals surface area contributed by atoms with Crippen LogP contribution in [0.2, 0.25) is 0 Å². The van der Waals surface area contributed by atoms with Crippen molar-refractivity contribution in [1.82, 2.24) is 5.43 Å². The largest absolute Gasteiger partial charge is 0.469 e. The standard InChI is InChI=1S/C15H13BrN2O2/c1-11-14(7-8-20-11)15(19)18-17-10-13(16)9-12-5-3-2-4-6-12/h2-10H,1H3,(H,18,19)/b13-9-,17-10+. The van der Waals surface area contributed by atoms with Crippen molar-refractivity contribution in [2.24, 2.45) is 5.10 Å². The fourth-order valence-electron chi connectivity index (χ4n) is 1.58. The van der Waals surface area contributed by atoms with Crippen LogP contribution in [-0.4, -0.2) is 12.1 Å². The first-order valence-electron chi connectivity index (χ1n) is 5.96. The first-order chi connectivity index (χ1) is 9.66. The molecule has 0 spiro atoms. The van der Waals surface area contributed by atoms with Gasteiger partial charge in [-0.2, -0.15) is 5.10 Å². The number of amides is 1. The fourth-order valence-corrected chi connectivity index (χ4v) is 1.95. The number of carbonyl (C=O) groups excluding carboxylic acids is 1. The molecule has 0 saturated heterocycles. The number of hydrogen-bond donors (Lipinski definition) is 1. The van der Waals surface area contributed by atoms with E-state index in [0.717, 1.165) is 10.0 Å². The van der Waals surface area contributed by atoms with Crippen LogP contribution in [0.25, 0.3) is 6.08 Å². The number of nitrogens with zero attached hydrogens (tertiary/aromatic N) is 1. The van der Waals surface area contributed by atoms with Crippen molar-refractivity contribution in [3.8, 4) is 0 Å². The van der Waals surface area contributed by atoms with Gasteiger partial charge in [-0.25, -0.2) is 5.43 Å². The van der Waals surface area contributed by atoms with Crippen LogP contribution in [0.1, 0.15) is 21.7 Å². The van der Waals surface area contributed by atoms with Gasteiger partial charge in [-0.3, -0.25) is 4.79 Å². The molecule has 102 valence electrons. The van der Waals surface area contributed by atoms with E-state index in [4.69, 9.17) is 4.42 Å². The highest BCUT2D eigenvalue weighted by molar-refractivity contribution is 9.12. The molecule has 0 aliphatic carbocycles. The van der Waals surface area contributed by atoms with Crippen LogP contribution >= 0.6 is 15.9 Å². The zero-order valence-corrected chi connectivity index (χ0v) is 12.4. The third kappa shape index (κ3) is 3.93. The Hall–Kier alpha value is -2.14. The molecule has 1 aromatic heterocycles. The quantitative estimate of drug-likeness (QED) is 0.684. The van der Waals surface area contributed by atoms with Crippen molar-refractivity contribution < 1.29 is 9.21 Å². The fraction of sp³-hybridized carbons (Fsp3) is 0.0667. The number of aryl methyl sites for hydroxylation is 1. The molecule has 4 nitrogen and oxygen atoms in total. The Bertz CT molecular complexity index is 645. The first kappa shape index (κ1) is 14.3. The van der Waals surface area contributed by atoms with Gasteiger partial charge in [0.1, 0.15) is 5.76 Å². The Balaban J connectivity index is 1.95. The average Bonchev–Trinajstić information content (AvgIpc) is 2.86. The Labute approximate surface area is 125 Å². The monoisotopic (exact) mass is 332 g/mol. The maximum absolute atomic E-state index is 11.7. The van der Waals surface area contributed by atoms with Crippen molar-refractivity contribution in [2.45, 2.75) is 6.92 Å². The van der Waals surface area contributed by atoms with E-state index in [-0.39, 0.29) is 5.91 Å². The normalized spacial score (nSPS) is 11.8. The van der Waals surface area contributed by atoms with Gasteiger partial charge in [0.2, 0.25) is 0 Å². The van der Waals surface area contributed by atoms with Crippen LogP contribution in [-0.2, 0) is 0 Å². The van der Waals surface area contributed by atoms with Gasteiger partial charge in [-0.15, -0.1) is 0 Å². The summed E-state index contributed by atoms with van der Waals surface area (Å²) < 4.78 is 5.82. The Morgan fingerprint density at radius 3 is 2.70 bits per heavy atom. The minimum absolute atomic E-state index is 0.299. The summed E-state index contributed by atoms with van der Waals surface area (Å²) in [7, 11) is 0. The molecule has 0 unspecified atom stereocenters. The number of halogens is 1. The number of furan rings is 1. The van der Waals surface area contributed by atoms with Crippen molar-refractivity contribution >= 4 is 34.1 Å². The number of allylic oxidation sites excluding steroid dienone is 1. The van der Waals surface area contributed by atoms with Gasteiger partial charge in [-0.05, 0) is 40.6 Å². The first-order valence-corrected chi connectivity index (χ1v) is 6.76. The van der Waals surface area contributed by atoms with E-state index in [9.17, 15) is 4.79 Å². The lowest BCUT2D eigenvalue weighted by atomic mass is 10.2. The minimum atomic E-state index is -0.299. The minimum Gasteiger partial charge on any atom is -0.469 e.